The third-order valence-electron chi connectivity index (χ3n) is 4.65. The zero-order valence-corrected chi connectivity index (χ0v) is 16.3. The SMILES string of the molecule is COC(=O)c1cc2cccc(O[C@@H]3CCCN(C(=O)O)C3)c2cc1OC(C)C. The molecule has 28 heavy (non-hydrogen) atoms. The maximum absolute atomic E-state index is 12.2. The van der Waals surface area contributed by atoms with Crippen molar-refractivity contribution in [2.75, 3.05) is 20.2 Å². The summed E-state index contributed by atoms with van der Waals surface area (Å²) in [6, 6.07) is 9.10. The van der Waals surface area contributed by atoms with Crippen LogP contribution in [0.15, 0.2) is 30.3 Å². The standard InChI is InChI=1S/C21H25NO6/c1-13(2)27-19-11-16-14(10-17(19)20(23)26-3)6-4-8-18(16)28-15-7-5-9-22(12-15)21(24)25/h4,6,8,10-11,13,15H,5,7,9,12H2,1-3H3,(H,24,25)/t15-/m1/s1. The number of benzene rings is 2. The second-order valence-corrected chi connectivity index (χ2v) is 7.09. The van der Waals surface area contributed by atoms with Gasteiger partial charge in [0.15, 0.2) is 0 Å². The average molecular weight is 387 g/mol. The summed E-state index contributed by atoms with van der Waals surface area (Å²) in [5.74, 6) is 0.606. The molecule has 7 heteroatoms. The first kappa shape index (κ1) is 19.8. The van der Waals surface area contributed by atoms with Crippen LogP contribution in [0.2, 0.25) is 0 Å². The van der Waals surface area contributed by atoms with E-state index in [0.29, 0.717) is 30.2 Å². The van der Waals surface area contributed by atoms with Gasteiger partial charge in [-0.05, 0) is 50.3 Å². The molecule has 1 N–H and O–H groups in total. The molecule has 0 spiro atoms. The van der Waals surface area contributed by atoms with Crippen LogP contribution in [-0.4, -0.2) is 54.5 Å². The van der Waals surface area contributed by atoms with Crippen molar-refractivity contribution in [1.82, 2.24) is 4.90 Å². The molecule has 0 radical (unpaired) electrons. The number of likely N-dealkylation sites (tertiary alicyclic amines) is 1. The molecule has 1 amide bonds. The molecule has 150 valence electrons. The summed E-state index contributed by atoms with van der Waals surface area (Å²) < 4.78 is 16.9. The molecule has 0 saturated carbocycles. The molecule has 0 unspecified atom stereocenters. The number of carbonyl (C=O) groups is 2. The number of carbonyl (C=O) groups excluding carboxylic acids is 1. The van der Waals surface area contributed by atoms with Crippen LogP contribution < -0.4 is 9.47 Å². The first-order valence-electron chi connectivity index (χ1n) is 9.35. The van der Waals surface area contributed by atoms with E-state index in [1.165, 1.54) is 12.0 Å². The number of esters is 1. The lowest BCUT2D eigenvalue weighted by molar-refractivity contribution is 0.0594. The Bertz CT molecular complexity index is 879. The van der Waals surface area contributed by atoms with Gasteiger partial charge in [-0.3, -0.25) is 0 Å². The highest BCUT2D eigenvalue weighted by Gasteiger charge is 2.25. The highest BCUT2D eigenvalue weighted by Crippen LogP contribution is 2.34. The number of amides is 1. The van der Waals surface area contributed by atoms with Crippen LogP contribution in [-0.2, 0) is 4.74 Å². The molecule has 1 heterocycles. The zero-order valence-electron chi connectivity index (χ0n) is 16.3. The predicted molar refractivity (Wildman–Crippen MR) is 104 cm³/mol. The van der Waals surface area contributed by atoms with Crippen molar-refractivity contribution in [3.8, 4) is 11.5 Å². The number of carboxylic acid groups (broad SMARTS) is 1. The summed E-state index contributed by atoms with van der Waals surface area (Å²) in [4.78, 5) is 24.8. The summed E-state index contributed by atoms with van der Waals surface area (Å²) >= 11 is 0. The van der Waals surface area contributed by atoms with Gasteiger partial charge in [0.1, 0.15) is 23.2 Å². The van der Waals surface area contributed by atoms with E-state index in [1.54, 1.807) is 12.1 Å². The highest BCUT2D eigenvalue weighted by atomic mass is 16.5. The molecule has 1 fully saturated rings. The number of fused-ring (bicyclic) bond motifs is 1. The number of hydrogen-bond donors (Lipinski definition) is 1. The van der Waals surface area contributed by atoms with E-state index >= 15 is 0 Å². The van der Waals surface area contributed by atoms with Crippen molar-refractivity contribution >= 4 is 22.8 Å². The summed E-state index contributed by atoms with van der Waals surface area (Å²) in [6.07, 6.45) is 0.286. The number of ether oxygens (including phenoxy) is 3. The van der Waals surface area contributed by atoms with Crippen molar-refractivity contribution in [1.29, 1.82) is 0 Å². The Hall–Kier alpha value is -2.96. The third-order valence-corrected chi connectivity index (χ3v) is 4.65. The first-order chi connectivity index (χ1) is 13.4. The van der Waals surface area contributed by atoms with E-state index in [9.17, 15) is 14.7 Å². The normalized spacial score (nSPS) is 16.9. The van der Waals surface area contributed by atoms with Gasteiger partial charge in [0, 0.05) is 11.9 Å². The quantitative estimate of drug-likeness (QED) is 0.783. The first-order valence-corrected chi connectivity index (χ1v) is 9.35. The van der Waals surface area contributed by atoms with E-state index in [-0.39, 0.29) is 12.2 Å². The summed E-state index contributed by atoms with van der Waals surface area (Å²) in [5, 5.41) is 10.9. The van der Waals surface area contributed by atoms with E-state index in [0.717, 1.165) is 23.6 Å². The van der Waals surface area contributed by atoms with Gasteiger partial charge in [0.05, 0.1) is 19.8 Å². The molecule has 1 aliphatic rings. The maximum atomic E-state index is 12.2. The van der Waals surface area contributed by atoms with Gasteiger partial charge in [0.25, 0.3) is 0 Å². The molecular weight excluding hydrogens is 362 g/mol. The molecule has 0 aromatic heterocycles. The predicted octanol–water partition coefficient (Wildman–Crippen LogP) is 3.93. The highest BCUT2D eigenvalue weighted by molar-refractivity contribution is 6.00. The van der Waals surface area contributed by atoms with E-state index < -0.39 is 12.1 Å². The Labute approximate surface area is 163 Å². The van der Waals surface area contributed by atoms with E-state index in [4.69, 9.17) is 14.2 Å². The molecule has 0 aliphatic carbocycles. The lowest BCUT2D eigenvalue weighted by Crippen LogP contribution is -2.43. The summed E-state index contributed by atoms with van der Waals surface area (Å²) in [5.41, 5.74) is 0.357. The summed E-state index contributed by atoms with van der Waals surface area (Å²) in [7, 11) is 1.34. The van der Waals surface area contributed by atoms with Crippen LogP contribution in [0, 0.1) is 0 Å². The van der Waals surface area contributed by atoms with Crippen LogP contribution in [0.4, 0.5) is 4.79 Å². The van der Waals surface area contributed by atoms with Crippen molar-refractivity contribution in [2.24, 2.45) is 0 Å². The molecule has 2 aromatic carbocycles. The van der Waals surface area contributed by atoms with Crippen molar-refractivity contribution < 1.29 is 28.9 Å². The van der Waals surface area contributed by atoms with Crippen LogP contribution >= 0.6 is 0 Å². The Kier molecular flexibility index (Phi) is 5.92. The Morgan fingerprint density at radius 2 is 2.00 bits per heavy atom. The smallest absolute Gasteiger partial charge is 0.407 e. The molecule has 1 aliphatic heterocycles. The van der Waals surface area contributed by atoms with Gasteiger partial charge < -0.3 is 24.2 Å². The molecule has 1 saturated heterocycles. The number of rotatable bonds is 5. The molecule has 0 bridgehead atoms. The van der Waals surface area contributed by atoms with Gasteiger partial charge in [-0.15, -0.1) is 0 Å². The van der Waals surface area contributed by atoms with Crippen LogP contribution in [0.3, 0.4) is 0 Å². The van der Waals surface area contributed by atoms with Crippen molar-refractivity contribution in [3.63, 3.8) is 0 Å². The van der Waals surface area contributed by atoms with Crippen LogP contribution in [0.1, 0.15) is 37.0 Å². The zero-order chi connectivity index (χ0) is 20.3. The Balaban J connectivity index is 1.97. The molecular formula is C21H25NO6. The van der Waals surface area contributed by atoms with Gasteiger partial charge in [-0.2, -0.15) is 0 Å². The number of piperidine rings is 1. The monoisotopic (exact) mass is 387 g/mol. The lowest BCUT2D eigenvalue weighted by atomic mass is 10.0. The van der Waals surface area contributed by atoms with E-state index in [1.807, 2.05) is 32.0 Å². The molecule has 3 rings (SSSR count). The van der Waals surface area contributed by atoms with Gasteiger partial charge in [-0.25, -0.2) is 9.59 Å². The Morgan fingerprint density at radius 1 is 1.21 bits per heavy atom. The molecule has 1 atom stereocenters. The van der Waals surface area contributed by atoms with Gasteiger partial charge in [0.2, 0.25) is 0 Å². The van der Waals surface area contributed by atoms with Crippen LogP contribution in [0.5, 0.6) is 11.5 Å². The lowest BCUT2D eigenvalue weighted by Gasteiger charge is -2.31. The second kappa shape index (κ2) is 8.37. The van der Waals surface area contributed by atoms with E-state index in [2.05, 4.69) is 0 Å². The minimum Gasteiger partial charge on any atom is -0.490 e. The van der Waals surface area contributed by atoms with Crippen molar-refractivity contribution in [3.05, 3.63) is 35.9 Å². The third kappa shape index (κ3) is 4.30. The minimum atomic E-state index is -0.929. The number of hydrogen-bond acceptors (Lipinski definition) is 5. The average Bonchev–Trinajstić information content (AvgIpc) is 2.67. The van der Waals surface area contributed by atoms with Crippen molar-refractivity contribution in [2.45, 2.75) is 38.9 Å². The van der Waals surface area contributed by atoms with Crippen LogP contribution in [0.25, 0.3) is 10.8 Å². The molecule has 7 nitrogen and oxygen atoms in total. The van der Waals surface area contributed by atoms with Gasteiger partial charge >= 0.3 is 12.1 Å². The summed E-state index contributed by atoms with van der Waals surface area (Å²) in [6.45, 7) is 4.63. The van der Waals surface area contributed by atoms with Gasteiger partial charge in [-0.1, -0.05) is 12.1 Å². The fourth-order valence-electron chi connectivity index (χ4n) is 3.39. The largest absolute Gasteiger partial charge is 0.490 e. The fraction of sp³-hybridized carbons (Fsp3) is 0.429. The number of nitrogens with zero attached hydrogens (tertiary/aromatic N) is 1. The second-order valence-electron chi connectivity index (χ2n) is 7.09. The maximum Gasteiger partial charge on any atom is 0.407 e. The Morgan fingerprint density at radius 3 is 2.68 bits per heavy atom. The fourth-order valence-corrected chi connectivity index (χ4v) is 3.39. The minimum absolute atomic E-state index is 0.114. The molecule has 2 aromatic rings. The number of methoxy groups -OCH3 is 1. The topological polar surface area (TPSA) is 85.3 Å².